The number of halogens is 4. The molecule has 0 aliphatic rings. The van der Waals surface area contributed by atoms with E-state index in [2.05, 4.69) is 4.90 Å². The van der Waals surface area contributed by atoms with Gasteiger partial charge in [-0.05, 0) is 56.1 Å². The van der Waals surface area contributed by atoms with Crippen molar-refractivity contribution in [3.63, 3.8) is 0 Å². The maximum absolute atomic E-state index is 6.08. The van der Waals surface area contributed by atoms with Crippen molar-refractivity contribution in [1.82, 2.24) is 4.90 Å². The average Bonchev–Trinajstić information content (AvgIpc) is 2.36. The molecule has 0 heterocycles. The zero-order chi connectivity index (χ0) is 14.7. The molecule has 2 aromatic carbocycles. The van der Waals surface area contributed by atoms with E-state index in [1.165, 1.54) is 10.5 Å². The second-order valence-corrected chi connectivity index (χ2v) is 7.03. The smallest absolute Gasteiger partial charge is 0.0603 e. The summed E-state index contributed by atoms with van der Waals surface area (Å²) in [5.74, 6) is 0. The van der Waals surface area contributed by atoms with Crippen molar-refractivity contribution >= 4 is 59.0 Å². The lowest BCUT2D eigenvalue weighted by Crippen LogP contribution is -2.11. The molecule has 0 radical (unpaired) electrons. The number of hydrogen-bond acceptors (Lipinski definition) is 2. The minimum atomic E-state index is 0. The van der Waals surface area contributed by atoms with Gasteiger partial charge in [-0.3, -0.25) is 0 Å². The molecule has 0 spiro atoms. The van der Waals surface area contributed by atoms with Crippen molar-refractivity contribution in [2.24, 2.45) is 0 Å². The van der Waals surface area contributed by atoms with Crippen LogP contribution in [0.2, 0.25) is 15.1 Å². The lowest BCUT2D eigenvalue weighted by Gasteiger charge is -2.14. The zero-order valence-electron chi connectivity index (χ0n) is 11.6. The van der Waals surface area contributed by atoms with E-state index in [-0.39, 0.29) is 12.4 Å². The topological polar surface area (TPSA) is 3.24 Å². The molecule has 2 rings (SSSR count). The fraction of sp³-hybridized carbons (Fsp3) is 0.200. The highest BCUT2D eigenvalue weighted by molar-refractivity contribution is 7.99. The summed E-state index contributed by atoms with van der Waals surface area (Å²) in [6.07, 6.45) is 0. The standard InChI is InChI=1S/C15H14Cl3NS.ClH/c1-19(2)9-10-7-11(16)3-6-15(10)20-12-4-5-13(17)14(18)8-12;/h3-8H,9H2,1-2H3;1H. The molecule has 0 bridgehead atoms. The minimum absolute atomic E-state index is 0. The number of nitrogens with zero attached hydrogens (tertiary/aromatic N) is 1. The Kier molecular flexibility index (Phi) is 7.69. The summed E-state index contributed by atoms with van der Waals surface area (Å²) in [6, 6.07) is 11.6. The van der Waals surface area contributed by atoms with Crippen LogP contribution in [0.5, 0.6) is 0 Å². The summed E-state index contributed by atoms with van der Waals surface area (Å²) in [6.45, 7) is 0.838. The van der Waals surface area contributed by atoms with Gasteiger partial charge in [-0.15, -0.1) is 12.4 Å². The average molecular weight is 383 g/mol. The summed E-state index contributed by atoms with van der Waals surface area (Å²) < 4.78 is 0. The summed E-state index contributed by atoms with van der Waals surface area (Å²) in [7, 11) is 4.07. The van der Waals surface area contributed by atoms with Gasteiger partial charge < -0.3 is 4.90 Å². The maximum atomic E-state index is 6.08. The Morgan fingerprint density at radius 1 is 0.952 bits per heavy atom. The van der Waals surface area contributed by atoms with Crippen molar-refractivity contribution in [3.05, 3.63) is 57.0 Å². The molecule has 0 saturated carbocycles. The van der Waals surface area contributed by atoms with Crippen LogP contribution in [0.15, 0.2) is 46.2 Å². The third-order valence-corrected chi connectivity index (χ3v) is 4.71. The largest absolute Gasteiger partial charge is 0.305 e. The van der Waals surface area contributed by atoms with E-state index >= 15 is 0 Å². The number of hydrogen-bond donors (Lipinski definition) is 0. The molecular formula is C15H15Cl4NS. The van der Waals surface area contributed by atoms with Crippen LogP contribution in [0.1, 0.15) is 5.56 Å². The molecule has 0 atom stereocenters. The third-order valence-electron chi connectivity index (χ3n) is 2.63. The Hall–Kier alpha value is -0.0900. The molecule has 2 aromatic rings. The van der Waals surface area contributed by atoms with Crippen LogP contribution in [-0.4, -0.2) is 19.0 Å². The molecule has 0 amide bonds. The quantitative estimate of drug-likeness (QED) is 0.611. The van der Waals surface area contributed by atoms with Crippen molar-refractivity contribution in [1.29, 1.82) is 0 Å². The third kappa shape index (κ3) is 5.55. The second kappa shape index (κ2) is 8.52. The van der Waals surface area contributed by atoms with Crippen LogP contribution in [0.3, 0.4) is 0 Å². The lowest BCUT2D eigenvalue weighted by atomic mass is 10.2. The highest BCUT2D eigenvalue weighted by Gasteiger charge is 2.08. The van der Waals surface area contributed by atoms with Gasteiger partial charge >= 0.3 is 0 Å². The van der Waals surface area contributed by atoms with E-state index in [0.717, 1.165) is 16.5 Å². The van der Waals surface area contributed by atoms with Crippen molar-refractivity contribution in [2.45, 2.75) is 16.3 Å². The summed E-state index contributed by atoms with van der Waals surface area (Å²) in [5, 5.41) is 1.89. The van der Waals surface area contributed by atoms with Crippen LogP contribution in [0.4, 0.5) is 0 Å². The SMILES string of the molecule is CN(C)Cc1cc(Cl)ccc1Sc1ccc(Cl)c(Cl)c1.Cl. The highest BCUT2D eigenvalue weighted by atomic mass is 35.5. The Bertz CT molecular complexity index is 617. The Balaban J connectivity index is 0.00000220. The zero-order valence-corrected chi connectivity index (χ0v) is 15.5. The van der Waals surface area contributed by atoms with E-state index < -0.39 is 0 Å². The Morgan fingerprint density at radius 3 is 2.29 bits per heavy atom. The molecule has 6 heteroatoms. The lowest BCUT2D eigenvalue weighted by molar-refractivity contribution is 0.399. The van der Waals surface area contributed by atoms with Gasteiger partial charge in [0.2, 0.25) is 0 Å². The first-order valence-corrected chi connectivity index (χ1v) is 7.97. The normalized spacial score (nSPS) is 10.6. The van der Waals surface area contributed by atoms with Crippen molar-refractivity contribution in [3.8, 4) is 0 Å². The fourth-order valence-corrected chi connectivity index (χ4v) is 3.29. The molecule has 114 valence electrons. The highest BCUT2D eigenvalue weighted by Crippen LogP contribution is 2.35. The molecule has 0 fully saturated rings. The van der Waals surface area contributed by atoms with E-state index in [4.69, 9.17) is 34.8 Å². The van der Waals surface area contributed by atoms with Crippen LogP contribution < -0.4 is 0 Å². The molecule has 0 saturated heterocycles. The second-order valence-electron chi connectivity index (χ2n) is 4.67. The first-order valence-electron chi connectivity index (χ1n) is 6.02. The van der Waals surface area contributed by atoms with Crippen LogP contribution in [0, 0.1) is 0 Å². The fourth-order valence-electron chi connectivity index (χ4n) is 1.78. The summed E-state index contributed by atoms with van der Waals surface area (Å²) in [4.78, 5) is 4.34. The monoisotopic (exact) mass is 381 g/mol. The van der Waals surface area contributed by atoms with Gasteiger partial charge in [-0.2, -0.15) is 0 Å². The first-order chi connectivity index (χ1) is 9.45. The minimum Gasteiger partial charge on any atom is -0.305 e. The van der Waals surface area contributed by atoms with Gasteiger partial charge in [-0.25, -0.2) is 0 Å². The molecular weight excluding hydrogens is 368 g/mol. The Labute approximate surface area is 151 Å². The van der Waals surface area contributed by atoms with Gasteiger partial charge in [0, 0.05) is 21.4 Å². The van der Waals surface area contributed by atoms with Gasteiger partial charge in [-0.1, -0.05) is 46.6 Å². The molecule has 0 aliphatic heterocycles. The molecule has 0 aliphatic carbocycles. The molecule has 0 unspecified atom stereocenters. The number of rotatable bonds is 4. The predicted molar refractivity (Wildman–Crippen MR) is 96.7 cm³/mol. The van der Waals surface area contributed by atoms with Gasteiger partial charge in [0.1, 0.15) is 0 Å². The molecule has 0 N–H and O–H groups in total. The van der Waals surface area contributed by atoms with Crippen LogP contribution in [-0.2, 0) is 6.54 Å². The first kappa shape index (κ1) is 19.0. The molecule has 21 heavy (non-hydrogen) atoms. The molecule has 1 nitrogen and oxygen atoms in total. The summed E-state index contributed by atoms with van der Waals surface area (Å²) in [5.41, 5.74) is 1.19. The number of benzene rings is 2. The van der Waals surface area contributed by atoms with Crippen LogP contribution >= 0.6 is 59.0 Å². The van der Waals surface area contributed by atoms with Gasteiger partial charge in [0.05, 0.1) is 10.0 Å². The van der Waals surface area contributed by atoms with Crippen molar-refractivity contribution in [2.75, 3.05) is 14.1 Å². The molecule has 0 aromatic heterocycles. The maximum Gasteiger partial charge on any atom is 0.0603 e. The van der Waals surface area contributed by atoms with Gasteiger partial charge in [0.25, 0.3) is 0 Å². The van der Waals surface area contributed by atoms with Crippen LogP contribution in [0.25, 0.3) is 0 Å². The predicted octanol–water partition coefficient (Wildman–Crippen LogP) is 6.28. The van der Waals surface area contributed by atoms with Crippen molar-refractivity contribution < 1.29 is 0 Å². The summed E-state index contributed by atoms with van der Waals surface area (Å²) >= 11 is 19.7. The van der Waals surface area contributed by atoms with E-state index in [1.54, 1.807) is 11.8 Å². The van der Waals surface area contributed by atoms with E-state index in [9.17, 15) is 0 Å². The van der Waals surface area contributed by atoms with E-state index in [1.807, 2.05) is 50.5 Å². The van der Waals surface area contributed by atoms with E-state index in [0.29, 0.717) is 10.0 Å². The Morgan fingerprint density at radius 2 is 1.67 bits per heavy atom. The van der Waals surface area contributed by atoms with Gasteiger partial charge in [0.15, 0.2) is 0 Å².